The van der Waals surface area contributed by atoms with Crippen molar-refractivity contribution in [3.8, 4) is 16.9 Å². The maximum atomic E-state index is 15.0. The summed E-state index contributed by atoms with van der Waals surface area (Å²) in [4.78, 5) is 0. The second-order valence-corrected chi connectivity index (χ2v) is 9.28. The maximum absolute atomic E-state index is 15.0. The number of ether oxygens (including phenoxy) is 1. The number of halogens is 4. The third kappa shape index (κ3) is 6.30. The van der Waals surface area contributed by atoms with Gasteiger partial charge in [-0.2, -0.15) is 4.39 Å². The lowest BCUT2D eigenvalue weighted by Gasteiger charge is -2.29. The molecule has 33 heavy (non-hydrogen) atoms. The van der Waals surface area contributed by atoms with E-state index in [1.807, 2.05) is 0 Å². The summed E-state index contributed by atoms with van der Waals surface area (Å²) in [6.07, 6.45) is 12.7. The number of hydrogen-bond acceptors (Lipinski definition) is 1. The fourth-order valence-corrected chi connectivity index (χ4v) is 5.07. The van der Waals surface area contributed by atoms with Crippen molar-refractivity contribution in [1.29, 1.82) is 0 Å². The molecule has 0 saturated heterocycles. The molecule has 0 unspecified atom stereocenters. The molecular formula is C28H36F4O. The van der Waals surface area contributed by atoms with Gasteiger partial charge in [-0.15, -0.1) is 0 Å². The van der Waals surface area contributed by atoms with Crippen LogP contribution in [0.1, 0.15) is 96.0 Å². The van der Waals surface area contributed by atoms with Crippen LogP contribution in [0.3, 0.4) is 0 Å². The highest BCUT2D eigenvalue weighted by Gasteiger charge is 2.27. The smallest absolute Gasteiger partial charge is 0.201 e. The minimum Gasteiger partial charge on any atom is -0.491 e. The highest BCUT2D eigenvalue weighted by atomic mass is 19.2. The summed E-state index contributed by atoms with van der Waals surface area (Å²) in [5.74, 6) is -4.10. The maximum Gasteiger partial charge on any atom is 0.201 e. The van der Waals surface area contributed by atoms with Crippen molar-refractivity contribution in [3.63, 3.8) is 0 Å². The van der Waals surface area contributed by atoms with Gasteiger partial charge in [-0.3, -0.25) is 0 Å². The quantitative estimate of drug-likeness (QED) is 0.238. The number of hydrogen-bond donors (Lipinski definition) is 0. The Kier molecular flexibility index (Phi) is 9.64. The fourth-order valence-electron chi connectivity index (χ4n) is 5.07. The highest BCUT2D eigenvalue weighted by molar-refractivity contribution is 5.66. The molecule has 1 nitrogen and oxygen atoms in total. The molecule has 0 bridgehead atoms. The Morgan fingerprint density at radius 1 is 0.697 bits per heavy atom. The minimum absolute atomic E-state index is 0.0312. The fraction of sp³-hybridized carbons (Fsp3) is 0.571. The van der Waals surface area contributed by atoms with Crippen LogP contribution in [0.5, 0.6) is 5.75 Å². The summed E-state index contributed by atoms with van der Waals surface area (Å²) in [6, 6.07) is 5.39. The van der Waals surface area contributed by atoms with Crippen LogP contribution in [-0.4, -0.2) is 6.61 Å². The lowest BCUT2D eigenvalue weighted by Crippen LogP contribution is -2.15. The van der Waals surface area contributed by atoms with E-state index < -0.39 is 23.3 Å². The molecular weight excluding hydrogens is 428 g/mol. The van der Waals surface area contributed by atoms with Gasteiger partial charge in [-0.1, -0.05) is 64.0 Å². The number of unbranched alkanes of at least 4 members (excludes halogenated alkanes) is 5. The zero-order chi connectivity index (χ0) is 23.8. The Bertz CT molecular complexity index is 903. The summed E-state index contributed by atoms with van der Waals surface area (Å²) in [6.45, 7) is 4.05. The summed E-state index contributed by atoms with van der Waals surface area (Å²) in [7, 11) is 0. The first-order chi connectivity index (χ1) is 16.0. The lowest BCUT2D eigenvalue weighted by atomic mass is 9.76. The van der Waals surface area contributed by atoms with Gasteiger partial charge >= 0.3 is 0 Å². The molecule has 0 aliphatic heterocycles. The van der Waals surface area contributed by atoms with E-state index in [4.69, 9.17) is 4.74 Å². The molecule has 1 saturated carbocycles. The molecule has 0 radical (unpaired) electrons. The van der Waals surface area contributed by atoms with E-state index >= 15 is 0 Å². The zero-order valence-electron chi connectivity index (χ0n) is 19.9. The van der Waals surface area contributed by atoms with Gasteiger partial charge in [-0.25, -0.2) is 13.2 Å². The second-order valence-electron chi connectivity index (χ2n) is 9.28. The van der Waals surface area contributed by atoms with Crippen LogP contribution < -0.4 is 4.74 Å². The van der Waals surface area contributed by atoms with Crippen molar-refractivity contribution in [1.82, 2.24) is 0 Å². The van der Waals surface area contributed by atoms with Crippen molar-refractivity contribution in [2.45, 2.75) is 90.4 Å². The topological polar surface area (TPSA) is 9.23 Å². The van der Waals surface area contributed by atoms with Crippen molar-refractivity contribution in [2.24, 2.45) is 5.92 Å². The first kappa shape index (κ1) is 25.6. The Morgan fingerprint density at radius 2 is 1.30 bits per heavy atom. The average molecular weight is 465 g/mol. The van der Waals surface area contributed by atoms with E-state index in [2.05, 4.69) is 6.92 Å². The van der Waals surface area contributed by atoms with Crippen LogP contribution in [0.4, 0.5) is 17.6 Å². The predicted octanol–water partition coefficient (Wildman–Crippen LogP) is 9.33. The molecule has 0 amide bonds. The molecule has 0 spiro atoms. The first-order valence-corrected chi connectivity index (χ1v) is 12.6. The van der Waals surface area contributed by atoms with Crippen LogP contribution in [0.15, 0.2) is 24.3 Å². The number of benzene rings is 2. The summed E-state index contributed by atoms with van der Waals surface area (Å²) >= 11 is 0. The Labute approximate surface area is 195 Å². The molecule has 3 rings (SSSR count). The van der Waals surface area contributed by atoms with Gasteiger partial charge in [-0.05, 0) is 62.1 Å². The van der Waals surface area contributed by atoms with Crippen molar-refractivity contribution < 1.29 is 22.3 Å². The lowest BCUT2D eigenvalue weighted by molar-refractivity contribution is 0.297. The monoisotopic (exact) mass is 464 g/mol. The van der Waals surface area contributed by atoms with Gasteiger partial charge in [0.15, 0.2) is 23.2 Å². The largest absolute Gasteiger partial charge is 0.491 e. The van der Waals surface area contributed by atoms with Crippen LogP contribution in [0, 0.1) is 29.2 Å². The molecule has 0 atom stereocenters. The van der Waals surface area contributed by atoms with E-state index in [-0.39, 0.29) is 29.4 Å². The zero-order valence-corrected chi connectivity index (χ0v) is 19.9. The molecule has 0 heterocycles. The third-order valence-electron chi connectivity index (χ3n) is 7.00. The molecule has 182 valence electrons. The van der Waals surface area contributed by atoms with Crippen molar-refractivity contribution in [3.05, 3.63) is 53.1 Å². The van der Waals surface area contributed by atoms with Gasteiger partial charge in [0.05, 0.1) is 6.61 Å². The predicted molar refractivity (Wildman–Crippen MR) is 126 cm³/mol. The van der Waals surface area contributed by atoms with E-state index in [9.17, 15) is 17.6 Å². The van der Waals surface area contributed by atoms with Crippen molar-refractivity contribution >= 4 is 0 Å². The van der Waals surface area contributed by atoms with Gasteiger partial charge < -0.3 is 4.74 Å². The molecule has 2 aromatic carbocycles. The van der Waals surface area contributed by atoms with E-state index in [0.29, 0.717) is 11.5 Å². The Morgan fingerprint density at radius 3 is 1.97 bits per heavy atom. The normalized spacial score (nSPS) is 18.5. The van der Waals surface area contributed by atoms with E-state index in [0.717, 1.165) is 25.7 Å². The van der Waals surface area contributed by atoms with Crippen molar-refractivity contribution in [2.75, 3.05) is 6.61 Å². The Balaban J connectivity index is 1.63. The molecule has 1 aliphatic carbocycles. The highest BCUT2D eigenvalue weighted by Crippen LogP contribution is 2.41. The van der Waals surface area contributed by atoms with Gasteiger partial charge in [0, 0.05) is 11.1 Å². The molecule has 5 heteroatoms. The summed E-state index contributed by atoms with van der Waals surface area (Å²) < 4.78 is 63.7. The molecule has 0 aromatic heterocycles. The second kappa shape index (κ2) is 12.4. The molecule has 2 aromatic rings. The first-order valence-electron chi connectivity index (χ1n) is 12.6. The van der Waals surface area contributed by atoms with Gasteiger partial charge in [0.2, 0.25) is 5.82 Å². The third-order valence-corrected chi connectivity index (χ3v) is 7.00. The average Bonchev–Trinajstić information content (AvgIpc) is 2.82. The molecule has 1 fully saturated rings. The summed E-state index contributed by atoms with van der Waals surface area (Å²) in [5, 5.41) is 0. The van der Waals surface area contributed by atoms with E-state index in [1.165, 1.54) is 63.1 Å². The Hall–Kier alpha value is -2.04. The van der Waals surface area contributed by atoms with Gasteiger partial charge in [0.25, 0.3) is 0 Å². The molecule has 0 N–H and O–H groups in total. The van der Waals surface area contributed by atoms with Crippen LogP contribution in [-0.2, 0) is 0 Å². The van der Waals surface area contributed by atoms with Crippen LogP contribution in [0.25, 0.3) is 11.1 Å². The minimum atomic E-state index is -1.23. The van der Waals surface area contributed by atoms with Gasteiger partial charge in [0.1, 0.15) is 0 Å². The van der Waals surface area contributed by atoms with Crippen LogP contribution >= 0.6 is 0 Å². The summed E-state index contributed by atoms with van der Waals surface area (Å²) in [5.41, 5.74) is -0.227. The molecule has 1 aliphatic rings. The SMILES string of the molecule is CCCCCCCCC1CCC(c2ccc(-c3ccc(OCC)c(F)c3F)c(F)c2F)CC1. The van der Waals surface area contributed by atoms with Crippen LogP contribution in [0.2, 0.25) is 0 Å². The van der Waals surface area contributed by atoms with E-state index in [1.54, 1.807) is 13.0 Å². The standard InChI is InChI=1S/C28H36F4O/c1-3-5-6-7-8-9-10-19-11-13-20(14-12-19)21-15-16-22(26(30)25(21)29)23-17-18-24(33-4-2)28(32)27(23)31/h15-20H,3-14H2,1-2H3. The number of rotatable bonds is 11.